The van der Waals surface area contributed by atoms with Gasteiger partial charge in [0.15, 0.2) is 0 Å². The lowest BCUT2D eigenvalue weighted by Crippen LogP contribution is -1.87. The molecule has 0 aromatic heterocycles. The van der Waals surface area contributed by atoms with E-state index in [4.69, 9.17) is 5.73 Å². The van der Waals surface area contributed by atoms with Gasteiger partial charge in [0.25, 0.3) is 0 Å². The zero-order chi connectivity index (χ0) is 12.8. The summed E-state index contributed by atoms with van der Waals surface area (Å²) < 4.78 is 0. The molecular formula is C17H21N. The fraction of sp³-hybridized carbons (Fsp3) is 0.294. The molecule has 18 heavy (non-hydrogen) atoms. The van der Waals surface area contributed by atoms with Crippen LogP contribution in [0.25, 0.3) is 11.1 Å². The summed E-state index contributed by atoms with van der Waals surface area (Å²) in [7, 11) is 0. The fourth-order valence-corrected chi connectivity index (χ4v) is 2.12. The van der Waals surface area contributed by atoms with Crippen LogP contribution >= 0.6 is 0 Å². The number of hydrogen-bond donors (Lipinski definition) is 1. The van der Waals surface area contributed by atoms with Crippen molar-refractivity contribution in [2.75, 3.05) is 5.73 Å². The molecule has 2 aromatic carbocycles. The van der Waals surface area contributed by atoms with Gasteiger partial charge in [-0.3, -0.25) is 0 Å². The first kappa shape index (κ1) is 12.7. The summed E-state index contributed by atoms with van der Waals surface area (Å²) in [6, 6.07) is 16.9. The topological polar surface area (TPSA) is 26.0 Å². The van der Waals surface area contributed by atoms with Gasteiger partial charge in [-0.1, -0.05) is 56.2 Å². The molecule has 0 unspecified atom stereocenters. The Balaban J connectivity index is 2.05. The summed E-state index contributed by atoms with van der Waals surface area (Å²) in [5, 5.41) is 0. The number of unbranched alkanes of at least 4 members (excludes halogenated alkanes) is 2. The fourth-order valence-electron chi connectivity index (χ4n) is 2.12. The van der Waals surface area contributed by atoms with Crippen molar-refractivity contribution in [3.63, 3.8) is 0 Å². The first-order valence-electron chi connectivity index (χ1n) is 6.74. The van der Waals surface area contributed by atoms with Crippen LogP contribution in [0, 0.1) is 0 Å². The Morgan fingerprint density at radius 3 is 1.89 bits per heavy atom. The summed E-state index contributed by atoms with van der Waals surface area (Å²) in [4.78, 5) is 0. The Morgan fingerprint density at radius 1 is 0.778 bits per heavy atom. The zero-order valence-electron chi connectivity index (χ0n) is 11.0. The van der Waals surface area contributed by atoms with Gasteiger partial charge in [0.05, 0.1) is 0 Å². The first-order chi connectivity index (χ1) is 8.79. The number of nitrogens with two attached hydrogens (primary N) is 1. The van der Waals surface area contributed by atoms with E-state index in [1.165, 1.54) is 42.4 Å². The van der Waals surface area contributed by atoms with E-state index in [1.54, 1.807) is 0 Å². The quantitative estimate of drug-likeness (QED) is 0.595. The number of aryl methyl sites for hydroxylation is 1. The molecule has 0 aliphatic rings. The highest BCUT2D eigenvalue weighted by Crippen LogP contribution is 2.21. The van der Waals surface area contributed by atoms with E-state index in [2.05, 4.69) is 43.3 Å². The van der Waals surface area contributed by atoms with Crippen molar-refractivity contribution in [3.05, 3.63) is 54.1 Å². The first-order valence-corrected chi connectivity index (χ1v) is 6.74. The molecular weight excluding hydrogens is 218 g/mol. The second-order valence-electron chi connectivity index (χ2n) is 4.78. The maximum absolute atomic E-state index is 5.70. The second-order valence-corrected chi connectivity index (χ2v) is 4.78. The van der Waals surface area contributed by atoms with Crippen molar-refractivity contribution in [1.82, 2.24) is 0 Å². The highest BCUT2D eigenvalue weighted by Gasteiger charge is 1.98. The van der Waals surface area contributed by atoms with Crippen LogP contribution in [0.3, 0.4) is 0 Å². The van der Waals surface area contributed by atoms with Crippen molar-refractivity contribution >= 4 is 5.69 Å². The molecule has 0 aliphatic heterocycles. The Hall–Kier alpha value is -1.76. The molecule has 0 heterocycles. The predicted molar refractivity (Wildman–Crippen MR) is 79.5 cm³/mol. The summed E-state index contributed by atoms with van der Waals surface area (Å²) >= 11 is 0. The lowest BCUT2D eigenvalue weighted by Gasteiger charge is -2.05. The van der Waals surface area contributed by atoms with Crippen LogP contribution < -0.4 is 5.73 Å². The largest absolute Gasteiger partial charge is 0.399 e. The van der Waals surface area contributed by atoms with Gasteiger partial charge in [0.2, 0.25) is 0 Å². The maximum Gasteiger partial charge on any atom is 0.0314 e. The van der Waals surface area contributed by atoms with Crippen molar-refractivity contribution in [3.8, 4) is 11.1 Å². The molecule has 0 radical (unpaired) electrons. The number of benzene rings is 2. The maximum atomic E-state index is 5.70. The zero-order valence-corrected chi connectivity index (χ0v) is 11.0. The van der Waals surface area contributed by atoms with Gasteiger partial charge in [-0.25, -0.2) is 0 Å². The van der Waals surface area contributed by atoms with Gasteiger partial charge >= 0.3 is 0 Å². The van der Waals surface area contributed by atoms with E-state index in [0.717, 1.165) is 5.69 Å². The molecule has 0 amide bonds. The summed E-state index contributed by atoms with van der Waals surface area (Å²) in [6.45, 7) is 2.24. The van der Waals surface area contributed by atoms with E-state index in [9.17, 15) is 0 Å². The smallest absolute Gasteiger partial charge is 0.0314 e. The number of anilines is 1. The molecule has 94 valence electrons. The Bertz CT molecular complexity index is 468. The molecule has 0 saturated heterocycles. The van der Waals surface area contributed by atoms with Gasteiger partial charge in [0, 0.05) is 5.69 Å². The summed E-state index contributed by atoms with van der Waals surface area (Å²) in [5.41, 5.74) is 10.4. The van der Waals surface area contributed by atoms with E-state index in [1.807, 2.05) is 12.1 Å². The van der Waals surface area contributed by atoms with Crippen LogP contribution in [0.4, 0.5) is 5.69 Å². The van der Waals surface area contributed by atoms with Crippen LogP contribution in [0.15, 0.2) is 48.5 Å². The molecule has 0 bridgehead atoms. The highest BCUT2D eigenvalue weighted by molar-refractivity contribution is 5.65. The van der Waals surface area contributed by atoms with Gasteiger partial charge in [-0.05, 0) is 41.7 Å². The summed E-state index contributed by atoms with van der Waals surface area (Å²) in [6.07, 6.45) is 5.08. The van der Waals surface area contributed by atoms with Gasteiger partial charge in [0.1, 0.15) is 0 Å². The second kappa shape index (κ2) is 6.25. The number of nitrogen functional groups attached to an aromatic ring is 1. The molecule has 2 N–H and O–H groups in total. The predicted octanol–water partition coefficient (Wildman–Crippen LogP) is 4.67. The normalized spacial score (nSPS) is 10.5. The summed E-state index contributed by atoms with van der Waals surface area (Å²) in [5.74, 6) is 0. The van der Waals surface area contributed by atoms with E-state index in [-0.39, 0.29) is 0 Å². The third-order valence-corrected chi connectivity index (χ3v) is 3.27. The van der Waals surface area contributed by atoms with E-state index < -0.39 is 0 Å². The van der Waals surface area contributed by atoms with Gasteiger partial charge in [-0.15, -0.1) is 0 Å². The molecule has 2 rings (SSSR count). The van der Waals surface area contributed by atoms with Crippen LogP contribution in [0.5, 0.6) is 0 Å². The van der Waals surface area contributed by atoms with Crippen LogP contribution in [-0.2, 0) is 6.42 Å². The SMILES string of the molecule is CCCCCc1ccc(-c2ccc(N)cc2)cc1. The molecule has 0 atom stereocenters. The molecule has 1 heteroatoms. The van der Waals surface area contributed by atoms with Crippen molar-refractivity contribution in [2.45, 2.75) is 32.6 Å². The van der Waals surface area contributed by atoms with Crippen LogP contribution in [0.1, 0.15) is 31.7 Å². The Morgan fingerprint density at radius 2 is 1.33 bits per heavy atom. The Labute approximate surface area is 110 Å². The van der Waals surface area contributed by atoms with Crippen molar-refractivity contribution < 1.29 is 0 Å². The molecule has 1 nitrogen and oxygen atoms in total. The van der Waals surface area contributed by atoms with Crippen molar-refractivity contribution in [2.24, 2.45) is 0 Å². The number of rotatable bonds is 5. The van der Waals surface area contributed by atoms with Crippen molar-refractivity contribution in [1.29, 1.82) is 0 Å². The standard InChI is InChI=1S/C17H21N/c1-2-3-4-5-14-6-8-15(9-7-14)16-10-12-17(18)13-11-16/h6-13H,2-5,18H2,1H3. The minimum atomic E-state index is 0.815. The molecule has 0 saturated carbocycles. The molecule has 0 fully saturated rings. The lowest BCUT2D eigenvalue weighted by molar-refractivity contribution is 0.717. The minimum Gasteiger partial charge on any atom is -0.399 e. The Kier molecular flexibility index (Phi) is 4.40. The van der Waals surface area contributed by atoms with E-state index >= 15 is 0 Å². The molecule has 0 aliphatic carbocycles. The minimum absolute atomic E-state index is 0.815. The average Bonchev–Trinajstić information content (AvgIpc) is 2.41. The van der Waals surface area contributed by atoms with Crippen LogP contribution in [-0.4, -0.2) is 0 Å². The van der Waals surface area contributed by atoms with E-state index in [0.29, 0.717) is 0 Å². The average molecular weight is 239 g/mol. The third-order valence-electron chi connectivity index (χ3n) is 3.27. The lowest BCUT2D eigenvalue weighted by atomic mass is 10.0. The van der Waals surface area contributed by atoms with Crippen LogP contribution in [0.2, 0.25) is 0 Å². The molecule has 2 aromatic rings. The monoisotopic (exact) mass is 239 g/mol. The van der Waals surface area contributed by atoms with Gasteiger partial charge < -0.3 is 5.73 Å². The molecule has 0 spiro atoms. The number of hydrogen-bond acceptors (Lipinski definition) is 1. The highest BCUT2D eigenvalue weighted by atomic mass is 14.5. The third kappa shape index (κ3) is 3.36. The van der Waals surface area contributed by atoms with Gasteiger partial charge in [-0.2, -0.15) is 0 Å².